The van der Waals surface area contributed by atoms with E-state index in [9.17, 15) is 10.1 Å². The van der Waals surface area contributed by atoms with Crippen LogP contribution >= 0.6 is 11.6 Å². The maximum Gasteiger partial charge on any atom is 0.263 e. The second-order valence-electron chi connectivity index (χ2n) is 6.63. The normalized spacial score (nSPS) is 12.0. The maximum atomic E-state index is 12.5. The number of nitriles is 1. The summed E-state index contributed by atoms with van der Waals surface area (Å²) in [6.07, 6.45) is 2.13. The molecule has 0 aliphatic heterocycles. The highest BCUT2D eigenvalue weighted by molar-refractivity contribution is 6.31. The van der Waals surface area contributed by atoms with Gasteiger partial charge in [0.15, 0.2) is 0 Å². The van der Waals surface area contributed by atoms with E-state index < -0.39 is 5.91 Å². The molecule has 1 amide bonds. The zero-order valence-corrected chi connectivity index (χ0v) is 17.7. The Bertz CT molecular complexity index is 919. The topological polar surface area (TPSA) is 74.1 Å². The number of nitrogens with one attached hydrogen (secondary N) is 2. The van der Waals surface area contributed by atoms with E-state index >= 15 is 0 Å². The summed E-state index contributed by atoms with van der Waals surface area (Å²) in [5.41, 5.74) is 2.97. The Kier molecular flexibility index (Phi) is 8.57. The monoisotopic (exact) mass is 411 g/mol. The van der Waals surface area contributed by atoms with Gasteiger partial charge in [0.25, 0.3) is 5.91 Å². The minimum Gasteiger partial charge on any atom is -0.494 e. The van der Waals surface area contributed by atoms with Crippen molar-refractivity contribution in [3.05, 3.63) is 76.0 Å². The van der Waals surface area contributed by atoms with Crippen LogP contribution in [-0.4, -0.2) is 19.1 Å². The molecule has 0 saturated carbocycles. The fourth-order valence-electron chi connectivity index (χ4n) is 2.88. The van der Waals surface area contributed by atoms with Gasteiger partial charge >= 0.3 is 0 Å². The van der Waals surface area contributed by atoms with Gasteiger partial charge in [0.1, 0.15) is 17.4 Å². The Morgan fingerprint density at radius 1 is 1.31 bits per heavy atom. The largest absolute Gasteiger partial charge is 0.494 e. The van der Waals surface area contributed by atoms with Crippen molar-refractivity contribution < 1.29 is 9.53 Å². The summed E-state index contributed by atoms with van der Waals surface area (Å²) >= 11 is 6.14. The molecule has 2 aromatic carbocycles. The molecule has 0 fully saturated rings. The Morgan fingerprint density at radius 2 is 2.07 bits per heavy atom. The van der Waals surface area contributed by atoms with Crippen LogP contribution in [0.5, 0.6) is 5.75 Å². The van der Waals surface area contributed by atoms with Gasteiger partial charge in [-0.3, -0.25) is 4.79 Å². The molecule has 2 rings (SSSR count). The molecule has 0 aliphatic rings. The summed E-state index contributed by atoms with van der Waals surface area (Å²) in [6.45, 7) is 6.86. The van der Waals surface area contributed by atoms with Crippen LogP contribution in [0.1, 0.15) is 36.6 Å². The first kappa shape index (κ1) is 22.3. The molecule has 0 saturated heterocycles. The number of halogens is 1. The van der Waals surface area contributed by atoms with Gasteiger partial charge in [0.2, 0.25) is 0 Å². The van der Waals surface area contributed by atoms with E-state index in [1.54, 1.807) is 0 Å². The van der Waals surface area contributed by atoms with Crippen molar-refractivity contribution >= 4 is 17.5 Å². The van der Waals surface area contributed by atoms with Crippen LogP contribution in [0.4, 0.5) is 0 Å². The average molecular weight is 412 g/mol. The second-order valence-corrected chi connectivity index (χ2v) is 7.04. The first-order valence-electron chi connectivity index (χ1n) is 9.57. The first-order chi connectivity index (χ1) is 14.0. The number of hydrogen-bond donors (Lipinski definition) is 2. The zero-order chi connectivity index (χ0) is 21.2. The number of aryl methyl sites for hydroxylation is 1. The number of amides is 1. The van der Waals surface area contributed by atoms with Crippen LogP contribution < -0.4 is 15.4 Å². The van der Waals surface area contributed by atoms with Gasteiger partial charge in [-0.15, -0.1) is 0 Å². The summed E-state index contributed by atoms with van der Waals surface area (Å²) in [4.78, 5) is 12.5. The number of benzene rings is 2. The summed E-state index contributed by atoms with van der Waals surface area (Å²) in [7, 11) is 0. The molecule has 6 heteroatoms. The smallest absolute Gasteiger partial charge is 0.263 e. The Hall–Kier alpha value is -2.97. The first-order valence-corrected chi connectivity index (χ1v) is 9.95. The molecular weight excluding hydrogens is 386 g/mol. The summed E-state index contributed by atoms with van der Waals surface area (Å²) in [5, 5.41) is 15.9. The van der Waals surface area contributed by atoms with Crippen LogP contribution in [-0.2, 0) is 11.2 Å². The van der Waals surface area contributed by atoms with Gasteiger partial charge in [-0.25, -0.2) is 0 Å². The molecule has 2 N–H and O–H groups in total. The van der Waals surface area contributed by atoms with Crippen molar-refractivity contribution in [2.24, 2.45) is 0 Å². The molecule has 5 nitrogen and oxygen atoms in total. The number of carbonyl (C=O) groups is 1. The van der Waals surface area contributed by atoms with E-state index in [1.807, 2.05) is 69.3 Å². The Labute approximate surface area is 177 Å². The molecule has 29 heavy (non-hydrogen) atoms. The molecule has 0 heterocycles. The van der Waals surface area contributed by atoms with E-state index in [4.69, 9.17) is 16.3 Å². The third-order valence-corrected chi connectivity index (χ3v) is 4.76. The molecule has 0 bridgehead atoms. The molecule has 0 aliphatic carbocycles. The number of rotatable bonds is 9. The second kappa shape index (κ2) is 11.1. The van der Waals surface area contributed by atoms with E-state index in [0.29, 0.717) is 24.6 Å². The van der Waals surface area contributed by atoms with E-state index in [1.165, 1.54) is 6.20 Å². The SMILES string of the molecule is CCOc1ccc(C)cc1C(C)NC(=O)/C(C#N)=C\NCCc1ccccc1Cl. The highest BCUT2D eigenvalue weighted by Gasteiger charge is 2.17. The van der Waals surface area contributed by atoms with Crippen LogP contribution in [0.3, 0.4) is 0 Å². The van der Waals surface area contributed by atoms with Gasteiger partial charge < -0.3 is 15.4 Å². The lowest BCUT2D eigenvalue weighted by molar-refractivity contribution is -0.117. The standard InChI is InChI=1S/C23H26ClN3O2/c1-4-29-22-10-9-16(2)13-20(22)17(3)27-23(28)19(14-25)15-26-12-11-18-7-5-6-8-21(18)24/h5-10,13,15,17,26H,4,11-12H2,1-3H3,(H,27,28)/b19-15-. The van der Waals surface area contributed by atoms with E-state index in [2.05, 4.69) is 10.6 Å². The minimum absolute atomic E-state index is 0.0154. The molecule has 0 aromatic heterocycles. The summed E-state index contributed by atoms with van der Waals surface area (Å²) in [6, 6.07) is 15.1. The molecular formula is C23H26ClN3O2. The molecule has 152 valence electrons. The fraction of sp³-hybridized carbons (Fsp3) is 0.304. The van der Waals surface area contributed by atoms with E-state index in [-0.39, 0.29) is 11.6 Å². The third kappa shape index (κ3) is 6.55. The van der Waals surface area contributed by atoms with Gasteiger partial charge in [-0.1, -0.05) is 47.5 Å². The highest BCUT2D eigenvalue weighted by atomic mass is 35.5. The van der Waals surface area contributed by atoms with Crippen molar-refractivity contribution in [3.63, 3.8) is 0 Å². The van der Waals surface area contributed by atoms with Crippen molar-refractivity contribution in [3.8, 4) is 11.8 Å². The summed E-state index contributed by atoms with van der Waals surface area (Å²) in [5.74, 6) is 0.292. The molecule has 2 aromatic rings. The minimum atomic E-state index is -0.436. The molecule has 0 spiro atoms. The van der Waals surface area contributed by atoms with Gasteiger partial charge in [0.05, 0.1) is 12.6 Å². The van der Waals surface area contributed by atoms with Gasteiger partial charge in [-0.05, 0) is 44.9 Å². The Balaban J connectivity index is 1.98. The van der Waals surface area contributed by atoms with Crippen molar-refractivity contribution in [2.45, 2.75) is 33.2 Å². The van der Waals surface area contributed by atoms with Gasteiger partial charge in [0, 0.05) is 23.3 Å². The van der Waals surface area contributed by atoms with Crippen molar-refractivity contribution in [1.82, 2.24) is 10.6 Å². The number of nitrogens with zero attached hydrogens (tertiary/aromatic N) is 1. The fourth-order valence-corrected chi connectivity index (χ4v) is 3.11. The van der Waals surface area contributed by atoms with Crippen LogP contribution in [0.25, 0.3) is 0 Å². The lowest BCUT2D eigenvalue weighted by Crippen LogP contribution is -2.29. The van der Waals surface area contributed by atoms with E-state index in [0.717, 1.165) is 22.4 Å². The summed E-state index contributed by atoms with van der Waals surface area (Å²) < 4.78 is 5.66. The third-order valence-electron chi connectivity index (χ3n) is 4.39. The highest BCUT2D eigenvalue weighted by Crippen LogP contribution is 2.26. The quantitative estimate of drug-likeness (QED) is 0.363. The zero-order valence-electron chi connectivity index (χ0n) is 17.0. The number of carbonyl (C=O) groups excluding carboxylic acids is 1. The van der Waals surface area contributed by atoms with Crippen LogP contribution in [0.15, 0.2) is 54.2 Å². The lowest BCUT2D eigenvalue weighted by Gasteiger charge is -2.18. The van der Waals surface area contributed by atoms with Gasteiger partial charge in [-0.2, -0.15) is 5.26 Å². The van der Waals surface area contributed by atoms with Crippen molar-refractivity contribution in [1.29, 1.82) is 5.26 Å². The average Bonchev–Trinajstić information content (AvgIpc) is 2.70. The predicted octanol–water partition coefficient (Wildman–Crippen LogP) is 4.46. The predicted molar refractivity (Wildman–Crippen MR) is 116 cm³/mol. The molecule has 1 unspecified atom stereocenters. The maximum absolute atomic E-state index is 12.5. The van der Waals surface area contributed by atoms with Crippen LogP contribution in [0, 0.1) is 18.3 Å². The Morgan fingerprint density at radius 3 is 2.76 bits per heavy atom. The number of ether oxygens (including phenoxy) is 1. The number of hydrogen-bond acceptors (Lipinski definition) is 4. The van der Waals surface area contributed by atoms with Crippen molar-refractivity contribution in [2.75, 3.05) is 13.2 Å². The van der Waals surface area contributed by atoms with Crippen LogP contribution in [0.2, 0.25) is 5.02 Å². The molecule has 0 radical (unpaired) electrons. The lowest BCUT2D eigenvalue weighted by atomic mass is 10.0. The molecule has 1 atom stereocenters.